The zero-order chi connectivity index (χ0) is 14.8. The summed E-state index contributed by atoms with van der Waals surface area (Å²) in [6.45, 7) is 5.99. The SMILES string of the molecule is CC(Cc1nc2ccccc2s1)NC(=O)C(C)C1CNC1. The van der Waals surface area contributed by atoms with Gasteiger partial charge >= 0.3 is 0 Å². The number of rotatable bonds is 5. The molecule has 0 bridgehead atoms. The summed E-state index contributed by atoms with van der Waals surface area (Å²) in [5.74, 6) is 0.735. The Morgan fingerprint density at radius 3 is 2.86 bits per heavy atom. The van der Waals surface area contributed by atoms with Gasteiger partial charge in [-0.2, -0.15) is 0 Å². The number of amides is 1. The van der Waals surface area contributed by atoms with E-state index in [9.17, 15) is 4.79 Å². The molecule has 21 heavy (non-hydrogen) atoms. The van der Waals surface area contributed by atoms with E-state index in [4.69, 9.17) is 0 Å². The fourth-order valence-corrected chi connectivity index (χ4v) is 3.67. The Kier molecular flexibility index (Phi) is 4.22. The van der Waals surface area contributed by atoms with E-state index >= 15 is 0 Å². The van der Waals surface area contributed by atoms with Crippen LogP contribution in [-0.4, -0.2) is 30.0 Å². The highest BCUT2D eigenvalue weighted by Crippen LogP contribution is 2.22. The van der Waals surface area contributed by atoms with Crippen LogP contribution in [0.4, 0.5) is 0 Å². The van der Waals surface area contributed by atoms with Gasteiger partial charge in [-0.1, -0.05) is 19.1 Å². The van der Waals surface area contributed by atoms with Crippen molar-refractivity contribution < 1.29 is 4.79 Å². The van der Waals surface area contributed by atoms with Gasteiger partial charge in [0.2, 0.25) is 5.91 Å². The number of hydrogen-bond donors (Lipinski definition) is 2. The van der Waals surface area contributed by atoms with Gasteiger partial charge in [-0.3, -0.25) is 4.79 Å². The second-order valence-electron chi connectivity index (χ2n) is 5.90. The van der Waals surface area contributed by atoms with Crippen molar-refractivity contribution in [2.75, 3.05) is 13.1 Å². The average molecular weight is 303 g/mol. The van der Waals surface area contributed by atoms with E-state index in [-0.39, 0.29) is 17.9 Å². The van der Waals surface area contributed by atoms with Gasteiger partial charge in [0.25, 0.3) is 0 Å². The van der Waals surface area contributed by atoms with E-state index in [1.165, 1.54) is 4.70 Å². The zero-order valence-corrected chi connectivity index (χ0v) is 13.2. The second-order valence-corrected chi connectivity index (χ2v) is 7.01. The summed E-state index contributed by atoms with van der Waals surface area (Å²) in [5.41, 5.74) is 1.05. The summed E-state index contributed by atoms with van der Waals surface area (Å²) in [5, 5.41) is 7.42. The van der Waals surface area contributed by atoms with Gasteiger partial charge in [0, 0.05) is 18.4 Å². The van der Waals surface area contributed by atoms with Crippen LogP contribution in [0.3, 0.4) is 0 Å². The van der Waals surface area contributed by atoms with E-state index in [0.29, 0.717) is 5.92 Å². The van der Waals surface area contributed by atoms with Crippen LogP contribution in [0.1, 0.15) is 18.9 Å². The summed E-state index contributed by atoms with van der Waals surface area (Å²) in [6, 6.07) is 8.28. The molecule has 1 aromatic carbocycles. The molecule has 1 aliphatic rings. The van der Waals surface area contributed by atoms with Crippen molar-refractivity contribution in [3.63, 3.8) is 0 Å². The highest BCUT2D eigenvalue weighted by Gasteiger charge is 2.29. The third kappa shape index (κ3) is 3.24. The standard InChI is InChI=1S/C16H21N3OS/c1-10(18-16(20)11(2)12-8-17-9-12)7-15-19-13-5-3-4-6-14(13)21-15/h3-6,10-12,17H,7-9H2,1-2H3,(H,18,20). The Labute approximate surface area is 129 Å². The Morgan fingerprint density at radius 2 is 2.19 bits per heavy atom. The van der Waals surface area contributed by atoms with Gasteiger partial charge < -0.3 is 10.6 Å². The minimum Gasteiger partial charge on any atom is -0.353 e. The van der Waals surface area contributed by atoms with Gasteiger partial charge in [-0.25, -0.2) is 4.98 Å². The van der Waals surface area contributed by atoms with Gasteiger partial charge in [-0.15, -0.1) is 11.3 Å². The van der Waals surface area contributed by atoms with Gasteiger partial charge in [-0.05, 0) is 38.1 Å². The first kappa shape index (κ1) is 14.5. The molecule has 0 radical (unpaired) electrons. The lowest BCUT2D eigenvalue weighted by Gasteiger charge is -2.32. The van der Waals surface area contributed by atoms with Crippen LogP contribution in [0.25, 0.3) is 10.2 Å². The van der Waals surface area contributed by atoms with Crippen LogP contribution in [-0.2, 0) is 11.2 Å². The van der Waals surface area contributed by atoms with E-state index in [1.54, 1.807) is 11.3 Å². The highest BCUT2D eigenvalue weighted by molar-refractivity contribution is 7.18. The minimum absolute atomic E-state index is 0.0871. The van der Waals surface area contributed by atoms with E-state index in [2.05, 4.69) is 28.6 Å². The Morgan fingerprint density at radius 1 is 1.43 bits per heavy atom. The van der Waals surface area contributed by atoms with Crippen molar-refractivity contribution in [1.82, 2.24) is 15.6 Å². The van der Waals surface area contributed by atoms with E-state index in [0.717, 1.165) is 30.0 Å². The molecule has 1 amide bonds. The van der Waals surface area contributed by atoms with Crippen molar-refractivity contribution in [1.29, 1.82) is 0 Å². The van der Waals surface area contributed by atoms with Crippen LogP contribution >= 0.6 is 11.3 Å². The Balaban J connectivity index is 1.57. The number of carbonyl (C=O) groups excluding carboxylic acids is 1. The molecule has 0 aliphatic carbocycles. The lowest BCUT2D eigenvalue weighted by atomic mass is 9.88. The second kappa shape index (κ2) is 6.12. The maximum absolute atomic E-state index is 12.2. The van der Waals surface area contributed by atoms with Gasteiger partial charge in [0.05, 0.1) is 15.2 Å². The summed E-state index contributed by atoms with van der Waals surface area (Å²) < 4.78 is 1.21. The number of thiazole rings is 1. The number of nitrogens with zero attached hydrogens (tertiary/aromatic N) is 1. The molecule has 0 saturated carbocycles. The highest BCUT2D eigenvalue weighted by atomic mass is 32.1. The molecule has 112 valence electrons. The summed E-state index contributed by atoms with van der Waals surface area (Å²) in [7, 11) is 0. The van der Waals surface area contributed by atoms with Crippen LogP contribution < -0.4 is 10.6 Å². The number of nitrogens with one attached hydrogen (secondary N) is 2. The molecule has 2 aromatic rings. The van der Waals surface area contributed by atoms with Crippen molar-refractivity contribution in [3.8, 4) is 0 Å². The molecule has 5 heteroatoms. The third-order valence-electron chi connectivity index (χ3n) is 4.14. The quantitative estimate of drug-likeness (QED) is 0.890. The first-order chi connectivity index (χ1) is 10.1. The fourth-order valence-electron chi connectivity index (χ4n) is 2.57. The summed E-state index contributed by atoms with van der Waals surface area (Å²) in [6.07, 6.45) is 0.792. The Hall–Kier alpha value is -1.46. The minimum atomic E-state index is 0.0871. The molecule has 0 spiro atoms. The van der Waals surface area contributed by atoms with Crippen molar-refractivity contribution in [2.45, 2.75) is 26.3 Å². The first-order valence-corrected chi connectivity index (χ1v) is 8.30. The van der Waals surface area contributed by atoms with Crippen LogP contribution in [0.5, 0.6) is 0 Å². The predicted octanol–water partition coefficient (Wildman–Crippen LogP) is 2.20. The fraction of sp³-hybridized carbons (Fsp3) is 0.500. The van der Waals surface area contributed by atoms with Crippen LogP contribution in [0.15, 0.2) is 24.3 Å². The molecule has 1 fully saturated rings. The molecule has 1 saturated heterocycles. The molecule has 4 nitrogen and oxygen atoms in total. The van der Waals surface area contributed by atoms with Crippen LogP contribution in [0, 0.1) is 11.8 Å². The van der Waals surface area contributed by atoms with Gasteiger partial charge in [0.15, 0.2) is 0 Å². The maximum Gasteiger partial charge on any atom is 0.223 e. The van der Waals surface area contributed by atoms with Gasteiger partial charge in [0.1, 0.15) is 0 Å². The lowest BCUT2D eigenvalue weighted by molar-refractivity contribution is -0.127. The topological polar surface area (TPSA) is 54.0 Å². The number of aromatic nitrogens is 1. The molecule has 2 N–H and O–H groups in total. The molecule has 1 aromatic heterocycles. The molecule has 2 atom stereocenters. The molecular formula is C16H21N3OS. The molecule has 2 heterocycles. The number of fused-ring (bicyclic) bond motifs is 1. The summed E-state index contributed by atoms with van der Waals surface area (Å²) in [4.78, 5) is 16.8. The summed E-state index contributed by atoms with van der Waals surface area (Å²) >= 11 is 1.71. The zero-order valence-electron chi connectivity index (χ0n) is 12.4. The lowest BCUT2D eigenvalue weighted by Crippen LogP contribution is -2.50. The molecular weight excluding hydrogens is 282 g/mol. The largest absolute Gasteiger partial charge is 0.353 e. The first-order valence-electron chi connectivity index (χ1n) is 7.49. The van der Waals surface area contributed by atoms with E-state index in [1.807, 2.05) is 25.1 Å². The van der Waals surface area contributed by atoms with Crippen molar-refractivity contribution in [3.05, 3.63) is 29.3 Å². The number of benzene rings is 1. The third-order valence-corrected chi connectivity index (χ3v) is 5.20. The van der Waals surface area contributed by atoms with E-state index < -0.39 is 0 Å². The number of para-hydroxylation sites is 1. The monoisotopic (exact) mass is 303 g/mol. The molecule has 1 aliphatic heterocycles. The van der Waals surface area contributed by atoms with Crippen molar-refractivity contribution in [2.24, 2.45) is 11.8 Å². The smallest absolute Gasteiger partial charge is 0.223 e. The average Bonchev–Trinajstić information content (AvgIpc) is 2.78. The van der Waals surface area contributed by atoms with Crippen molar-refractivity contribution >= 4 is 27.5 Å². The normalized spacial score (nSPS) is 18.2. The molecule has 3 rings (SSSR count). The maximum atomic E-state index is 12.2. The van der Waals surface area contributed by atoms with Crippen LogP contribution in [0.2, 0.25) is 0 Å². The number of hydrogen-bond acceptors (Lipinski definition) is 4. The predicted molar refractivity (Wildman–Crippen MR) is 86.5 cm³/mol. The number of carbonyl (C=O) groups is 1. The Bertz CT molecular complexity index is 602. The molecule has 2 unspecified atom stereocenters.